The molecule has 10 heteroatoms. The second-order valence-corrected chi connectivity index (χ2v) is 19.0. The Morgan fingerprint density at radius 2 is 0.869 bits per heavy atom. The maximum absolute atomic E-state index is 15.8. The zero-order valence-electron chi connectivity index (χ0n) is 39.7. The number of amides is 1. The van der Waals surface area contributed by atoms with Crippen molar-refractivity contribution >= 4 is 5.91 Å². The molecular formula is C51H100FNO8. The number of hydrogen-bond donors (Lipinski definition) is 7. The highest BCUT2D eigenvalue weighted by Gasteiger charge is 2.47. The molecule has 0 aliphatic carbocycles. The summed E-state index contributed by atoms with van der Waals surface area (Å²) in [6, 6.07) is -1.16. The van der Waals surface area contributed by atoms with Crippen LogP contribution in [0.15, 0.2) is 0 Å². The van der Waals surface area contributed by atoms with Gasteiger partial charge >= 0.3 is 0 Å². The SMILES string of the molecule is CCCCCCCCCCCCCCCCCCCCCCCCCC(=O)N[C@@H](C[C@@H](F)[C@@H]1O[C@H](CO)[C@H](O)[C@@H](O)[C@H]1O)[C@H](O)[C@H](O)CCCCCCCCCCCCCC. The van der Waals surface area contributed by atoms with Crippen molar-refractivity contribution in [3.05, 3.63) is 0 Å². The summed E-state index contributed by atoms with van der Waals surface area (Å²) >= 11 is 0. The molecule has 0 bridgehead atoms. The minimum Gasteiger partial charge on any atom is -0.394 e. The van der Waals surface area contributed by atoms with Crippen LogP contribution in [-0.4, -0.2) is 98.1 Å². The van der Waals surface area contributed by atoms with Crippen LogP contribution in [0.3, 0.4) is 0 Å². The van der Waals surface area contributed by atoms with Crippen LogP contribution in [0.1, 0.15) is 258 Å². The zero-order chi connectivity index (χ0) is 44.8. The molecule has 9 nitrogen and oxygen atoms in total. The minimum atomic E-state index is -1.97. The Morgan fingerprint density at radius 1 is 0.525 bits per heavy atom. The number of aliphatic hydroxyl groups is 6. The van der Waals surface area contributed by atoms with E-state index in [4.69, 9.17) is 4.74 Å². The number of halogens is 1. The van der Waals surface area contributed by atoms with Gasteiger partial charge in [-0.25, -0.2) is 4.39 Å². The summed E-state index contributed by atoms with van der Waals surface area (Å²) in [6.45, 7) is 3.82. The maximum Gasteiger partial charge on any atom is 0.220 e. The third-order valence-corrected chi connectivity index (χ3v) is 13.3. The number of carbonyl (C=O) groups excluding carboxylic acids is 1. The summed E-state index contributed by atoms with van der Waals surface area (Å²) in [4.78, 5) is 13.1. The largest absolute Gasteiger partial charge is 0.394 e. The molecule has 0 aromatic rings. The number of unbranched alkanes of at least 4 members (excludes halogenated alkanes) is 33. The van der Waals surface area contributed by atoms with Gasteiger partial charge in [0.15, 0.2) is 0 Å². The summed E-state index contributed by atoms with van der Waals surface area (Å²) in [6.07, 6.45) is 31.2. The molecule has 1 rings (SSSR count). The van der Waals surface area contributed by atoms with Crippen LogP contribution < -0.4 is 5.32 Å². The van der Waals surface area contributed by atoms with Crippen LogP contribution in [0, 0.1) is 0 Å². The lowest BCUT2D eigenvalue weighted by molar-refractivity contribution is -0.243. The number of hydrogen-bond acceptors (Lipinski definition) is 8. The predicted octanol–water partition coefficient (Wildman–Crippen LogP) is 11.2. The van der Waals surface area contributed by atoms with E-state index in [0.29, 0.717) is 19.3 Å². The minimum absolute atomic E-state index is 0.217. The summed E-state index contributed by atoms with van der Waals surface area (Å²) < 4.78 is 21.2. The van der Waals surface area contributed by atoms with Crippen LogP contribution in [0.5, 0.6) is 0 Å². The standard InChI is InChI=1S/C51H100FNO8/c1-3-5-7-9-11-13-15-17-18-19-20-21-22-23-24-25-26-27-29-31-33-35-37-39-46(56)53-43(40-42(52)51-50(60)49(59)48(58)45(41-54)61-51)47(57)44(55)38-36-34-32-30-28-16-14-12-10-8-6-4-2/h42-45,47-51,54-55,57-60H,3-41H2,1-2H3,(H,53,56)/t42-,43+,44-,45-,47+,48+,49-,50-,51+/m1/s1. The van der Waals surface area contributed by atoms with Crippen molar-refractivity contribution in [2.75, 3.05) is 6.61 Å². The van der Waals surface area contributed by atoms with Gasteiger partial charge in [-0.05, 0) is 12.8 Å². The lowest BCUT2D eigenvalue weighted by Gasteiger charge is -2.42. The molecule has 1 heterocycles. The summed E-state index contributed by atoms with van der Waals surface area (Å²) in [5.41, 5.74) is 0. The molecule has 9 atom stereocenters. The molecular weight excluding hydrogens is 774 g/mol. The number of carbonyl (C=O) groups is 1. The number of alkyl halides is 1. The molecule has 0 saturated carbocycles. The quantitative estimate of drug-likeness (QED) is 0.0298. The van der Waals surface area contributed by atoms with Crippen molar-refractivity contribution in [3.8, 4) is 0 Å². The van der Waals surface area contributed by atoms with E-state index in [1.807, 2.05) is 0 Å². The monoisotopic (exact) mass is 874 g/mol. The van der Waals surface area contributed by atoms with Gasteiger partial charge in [0.2, 0.25) is 5.91 Å². The molecule has 1 saturated heterocycles. The fraction of sp³-hybridized carbons (Fsp3) is 0.980. The van der Waals surface area contributed by atoms with E-state index in [-0.39, 0.29) is 12.3 Å². The normalized spacial score (nSPS) is 21.4. The Bertz CT molecular complexity index is 961. The Morgan fingerprint density at radius 3 is 1.23 bits per heavy atom. The van der Waals surface area contributed by atoms with E-state index in [1.54, 1.807) is 0 Å². The molecule has 1 aliphatic rings. The van der Waals surface area contributed by atoms with Gasteiger partial charge in [-0.1, -0.05) is 232 Å². The highest BCUT2D eigenvalue weighted by atomic mass is 19.1. The van der Waals surface area contributed by atoms with E-state index < -0.39 is 68.0 Å². The predicted molar refractivity (Wildman–Crippen MR) is 249 cm³/mol. The van der Waals surface area contributed by atoms with E-state index >= 15 is 4.39 Å². The van der Waals surface area contributed by atoms with Gasteiger partial charge in [-0.3, -0.25) is 4.79 Å². The molecule has 0 unspecified atom stereocenters. The van der Waals surface area contributed by atoms with Crippen molar-refractivity contribution in [3.63, 3.8) is 0 Å². The van der Waals surface area contributed by atoms with Crippen LogP contribution in [0.4, 0.5) is 4.39 Å². The fourth-order valence-corrected chi connectivity index (χ4v) is 9.07. The van der Waals surface area contributed by atoms with E-state index in [0.717, 1.165) is 38.5 Å². The first kappa shape index (κ1) is 58.1. The van der Waals surface area contributed by atoms with Crippen molar-refractivity contribution in [1.82, 2.24) is 5.32 Å². The number of rotatable bonds is 44. The van der Waals surface area contributed by atoms with Gasteiger partial charge in [0.05, 0.1) is 18.8 Å². The second kappa shape index (κ2) is 40.6. The number of aliphatic hydroxyl groups excluding tert-OH is 6. The van der Waals surface area contributed by atoms with Crippen molar-refractivity contribution in [2.24, 2.45) is 0 Å². The molecule has 364 valence electrons. The smallest absolute Gasteiger partial charge is 0.220 e. The lowest BCUT2D eigenvalue weighted by atomic mass is 9.88. The molecule has 0 spiro atoms. The van der Waals surface area contributed by atoms with E-state index in [1.165, 1.54) is 173 Å². The summed E-state index contributed by atoms with van der Waals surface area (Å²) in [5.74, 6) is -0.342. The van der Waals surface area contributed by atoms with Crippen molar-refractivity contribution in [2.45, 2.75) is 313 Å². The highest BCUT2D eigenvalue weighted by Crippen LogP contribution is 2.28. The van der Waals surface area contributed by atoms with E-state index in [2.05, 4.69) is 19.2 Å². The molecule has 7 N–H and O–H groups in total. The Hall–Kier alpha value is -0.880. The third-order valence-electron chi connectivity index (χ3n) is 13.3. The molecule has 1 aliphatic heterocycles. The molecule has 0 aromatic carbocycles. The highest BCUT2D eigenvalue weighted by molar-refractivity contribution is 5.76. The first-order valence-corrected chi connectivity index (χ1v) is 26.3. The van der Waals surface area contributed by atoms with Crippen LogP contribution in [-0.2, 0) is 9.53 Å². The molecule has 0 aromatic heterocycles. The Balaban J connectivity index is 2.32. The van der Waals surface area contributed by atoms with Crippen molar-refractivity contribution in [1.29, 1.82) is 0 Å². The first-order valence-electron chi connectivity index (χ1n) is 26.3. The number of ether oxygens (including phenoxy) is 1. The Kier molecular flexibility index (Phi) is 38.7. The molecule has 1 amide bonds. The van der Waals surface area contributed by atoms with E-state index in [9.17, 15) is 35.4 Å². The third kappa shape index (κ3) is 30.0. The van der Waals surface area contributed by atoms with Gasteiger partial charge in [0.25, 0.3) is 0 Å². The lowest BCUT2D eigenvalue weighted by Crippen LogP contribution is -2.61. The van der Waals surface area contributed by atoms with Gasteiger partial charge in [0.1, 0.15) is 42.8 Å². The van der Waals surface area contributed by atoms with Crippen LogP contribution >= 0.6 is 0 Å². The van der Waals surface area contributed by atoms with Crippen LogP contribution in [0.2, 0.25) is 0 Å². The number of nitrogens with one attached hydrogen (secondary N) is 1. The fourth-order valence-electron chi connectivity index (χ4n) is 9.07. The molecule has 0 radical (unpaired) electrons. The zero-order valence-corrected chi connectivity index (χ0v) is 39.7. The Labute approximate surface area is 374 Å². The van der Waals surface area contributed by atoms with Gasteiger partial charge in [-0.15, -0.1) is 0 Å². The van der Waals surface area contributed by atoms with Gasteiger partial charge in [0, 0.05) is 12.8 Å². The average molecular weight is 874 g/mol. The maximum atomic E-state index is 15.8. The van der Waals surface area contributed by atoms with Gasteiger partial charge < -0.3 is 40.7 Å². The topological polar surface area (TPSA) is 160 Å². The van der Waals surface area contributed by atoms with Crippen molar-refractivity contribution < 1.29 is 44.6 Å². The van der Waals surface area contributed by atoms with Gasteiger partial charge in [-0.2, -0.15) is 0 Å². The van der Waals surface area contributed by atoms with Crippen LogP contribution in [0.25, 0.3) is 0 Å². The first-order chi connectivity index (χ1) is 29.7. The molecule has 1 fully saturated rings. The molecule has 61 heavy (non-hydrogen) atoms. The second-order valence-electron chi connectivity index (χ2n) is 19.0. The summed E-state index contributed by atoms with van der Waals surface area (Å²) in [5, 5.41) is 65.4. The average Bonchev–Trinajstić information content (AvgIpc) is 3.25. The summed E-state index contributed by atoms with van der Waals surface area (Å²) in [7, 11) is 0.